The maximum atomic E-state index is 13.0. The average molecular weight is 362 g/mol. The SMILES string of the molecule is Cc1nc2ccccn2c1C(=O)N/N=C\c1ccc(-c2ccc(F)cc2)o1. The predicted molar refractivity (Wildman–Crippen MR) is 99.1 cm³/mol. The number of hydrazone groups is 1. The topological polar surface area (TPSA) is 71.9 Å². The van der Waals surface area contributed by atoms with Gasteiger partial charge in [0.05, 0.1) is 11.9 Å². The summed E-state index contributed by atoms with van der Waals surface area (Å²) in [5, 5.41) is 3.95. The number of hydrogen-bond donors (Lipinski definition) is 1. The van der Waals surface area contributed by atoms with Crippen molar-refractivity contribution < 1.29 is 13.6 Å². The van der Waals surface area contributed by atoms with Crippen molar-refractivity contribution in [1.29, 1.82) is 0 Å². The number of hydrogen-bond acceptors (Lipinski definition) is 4. The lowest BCUT2D eigenvalue weighted by Crippen LogP contribution is -2.20. The molecule has 1 amide bonds. The lowest BCUT2D eigenvalue weighted by molar-refractivity contribution is 0.0948. The third kappa shape index (κ3) is 3.35. The first kappa shape index (κ1) is 16.7. The monoisotopic (exact) mass is 362 g/mol. The minimum atomic E-state index is -0.368. The summed E-state index contributed by atoms with van der Waals surface area (Å²) in [6.07, 6.45) is 3.18. The summed E-state index contributed by atoms with van der Waals surface area (Å²) in [6.45, 7) is 1.77. The Bertz CT molecular complexity index is 1140. The number of rotatable bonds is 4. The molecule has 0 saturated carbocycles. The third-order valence-electron chi connectivity index (χ3n) is 4.03. The van der Waals surface area contributed by atoms with Crippen LogP contribution in [-0.2, 0) is 0 Å². The number of aromatic nitrogens is 2. The van der Waals surface area contributed by atoms with Crippen molar-refractivity contribution in [2.45, 2.75) is 6.92 Å². The van der Waals surface area contributed by atoms with Crippen LogP contribution in [0.1, 0.15) is 21.9 Å². The Kier molecular flexibility index (Phi) is 4.25. The minimum absolute atomic E-state index is 0.308. The predicted octanol–water partition coefficient (Wildman–Crippen LogP) is 3.81. The van der Waals surface area contributed by atoms with E-state index in [4.69, 9.17) is 4.42 Å². The van der Waals surface area contributed by atoms with E-state index in [2.05, 4.69) is 15.5 Å². The van der Waals surface area contributed by atoms with E-state index >= 15 is 0 Å². The van der Waals surface area contributed by atoms with E-state index < -0.39 is 0 Å². The summed E-state index contributed by atoms with van der Waals surface area (Å²) >= 11 is 0. The highest BCUT2D eigenvalue weighted by molar-refractivity contribution is 5.95. The molecule has 0 spiro atoms. The highest BCUT2D eigenvalue weighted by atomic mass is 19.1. The number of halogens is 1. The molecule has 1 aromatic carbocycles. The Balaban J connectivity index is 1.48. The fraction of sp³-hybridized carbons (Fsp3) is 0.0500. The standard InChI is InChI=1S/C20H15FN4O2/c1-13-19(25-11-3-2-4-18(25)23-13)20(26)24-22-12-16-9-10-17(27-16)14-5-7-15(21)8-6-14/h2-12H,1H3,(H,24,26)/b22-12-. The summed E-state index contributed by atoms with van der Waals surface area (Å²) in [6, 6.07) is 15.0. The molecule has 0 aliphatic heterocycles. The van der Waals surface area contributed by atoms with E-state index in [1.54, 1.807) is 41.8 Å². The largest absolute Gasteiger partial charge is 0.455 e. The number of amides is 1. The number of fused-ring (bicyclic) bond motifs is 1. The number of carbonyl (C=O) groups excluding carboxylic acids is 1. The van der Waals surface area contributed by atoms with E-state index in [0.717, 1.165) is 5.56 Å². The van der Waals surface area contributed by atoms with Gasteiger partial charge in [0, 0.05) is 11.8 Å². The number of carbonyl (C=O) groups is 1. The number of furan rings is 1. The van der Waals surface area contributed by atoms with Gasteiger partial charge in [0.1, 0.15) is 28.7 Å². The first-order valence-corrected chi connectivity index (χ1v) is 8.25. The van der Waals surface area contributed by atoms with E-state index in [1.165, 1.54) is 18.3 Å². The Labute approximate surface area is 154 Å². The van der Waals surface area contributed by atoms with Gasteiger partial charge in [0.2, 0.25) is 0 Å². The van der Waals surface area contributed by atoms with Crippen molar-refractivity contribution >= 4 is 17.8 Å². The molecule has 0 saturated heterocycles. The zero-order valence-corrected chi connectivity index (χ0v) is 14.4. The number of nitrogens with one attached hydrogen (secondary N) is 1. The molecule has 7 heteroatoms. The Morgan fingerprint density at radius 1 is 1.19 bits per heavy atom. The fourth-order valence-electron chi connectivity index (χ4n) is 2.79. The van der Waals surface area contributed by atoms with Gasteiger partial charge in [-0.2, -0.15) is 5.10 Å². The first-order chi connectivity index (χ1) is 13.1. The van der Waals surface area contributed by atoms with Gasteiger partial charge in [-0.25, -0.2) is 14.8 Å². The smallest absolute Gasteiger partial charge is 0.290 e. The van der Waals surface area contributed by atoms with E-state index in [-0.39, 0.29) is 11.7 Å². The summed E-state index contributed by atoms with van der Waals surface area (Å²) < 4.78 is 20.3. The van der Waals surface area contributed by atoms with Crippen molar-refractivity contribution in [3.8, 4) is 11.3 Å². The molecule has 0 fully saturated rings. The Morgan fingerprint density at radius 2 is 2.00 bits per heavy atom. The van der Waals surface area contributed by atoms with E-state index in [9.17, 15) is 9.18 Å². The summed E-state index contributed by atoms with van der Waals surface area (Å²) in [4.78, 5) is 16.8. The zero-order valence-electron chi connectivity index (χ0n) is 14.4. The van der Waals surface area contributed by atoms with Crippen LogP contribution < -0.4 is 5.43 Å². The van der Waals surface area contributed by atoms with Crippen molar-refractivity contribution in [2.75, 3.05) is 0 Å². The molecule has 134 valence electrons. The molecule has 4 aromatic rings. The third-order valence-corrected chi connectivity index (χ3v) is 4.03. The van der Waals surface area contributed by atoms with Crippen LogP contribution in [0.4, 0.5) is 4.39 Å². The van der Waals surface area contributed by atoms with Crippen LogP contribution in [0.15, 0.2) is 70.3 Å². The highest BCUT2D eigenvalue weighted by Gasteiger charge is 2.15. The molecule has 0 bridgehead atoms. The van der Waals surface area contributed by atoms with E-state index in [1.807, 2.05) is 18.2 Å². The molecule has 3 heterocycles. The highest BCUT2D eigenvalue weighted by Crippen LogP contribution is 2.21. The van der Waals surface area contributed by atoms with Crippen LogP contribution in [0.2, 0.25) is 0 Å². The average Bonchev–Trinajstić information content (AvgIpc) is 3.26. The molecule has 0 aliphatic rings. The summed E-state index contributed by atoms with van der Waals surface area (Å²) in [7, 11) is 0. The van der Waals surface area contributed by atoms with Gasteiger partial charge in [0.15, 0.2) is 0 Å². The van der Waals surface area contributed by atoms with Gasteiger partial charge in [-0.05, 0) is 55.5 Å². The number of imidazole rings is 1. The molecule has 6 nitrogen and oxygen atoms in total. The molecule has 0 aliphatic carbocycles. The number of benzene rings is 1. The molecule has 0 unspecified atom stereocenters. The van der Waals surface area contributed by atoms with Gasteiger partial charge in [-0.3, -0.25) is 9.20 Å². The van der Waals surface area contributed by atoms with Crippen molar-refractivity contribution in [3.05, 3.63) is 83.8 Å². The minimum Gasteiger partial charge on any atom is -0.455 e. The summed E-state index contributed by atoms with van der Waals surface area (Å²) in [5.41, 5.74) is 4.97. The van der Waals surface area contributed by atoms with Crippen LogP contribution in [0.25, 0.3) is 17.0 Å². The lowest BCUT2D eigenvalue weighted by atomic mass is 10.2. The maximum absolute atomic E-state index is 13.0. The number of pyridine rings is 1. The zero-order chi connectivity index (χ0) is 18.8. The second-order valence-electron chi connectivity index (χ2n) is 5.88. The fourth-order valence-corrected chi connectivity index (χ4v) is 2.79. The van der Waals surface area contributed by atoms with Crippen LogP contribution in [-0.4, -0.2) is 21.5 Å². The van der Waals surface area contributed by atoms with Gasteiger partial charge >= 0.3 is 0 Å². The van der Waals surface area contributed by atoms with Gasteiger partial charge in [0.25, 0.3) is 5.91 Å². The van der Waals surface area contributed by atoms with Gasteiger partial charge in [-0.1, -0.05) is 6.07 Å². The quantitative estimate of drug-likeness (QED) is 0.443. The van der Waals surface area contributed by atoms with Crippen molar-refractivity contribution in [2.24, 2.45) is 5.10 Å². The number of nitrogens with zero attached hydrogens (tertiary/aromatic N) is 3. The maximum Gasteiger partial charge on any atom is 0.290 e. The van der Waals surface area contributed by atoms with Crippen molar-refractivity contribution in [1.82, 2.24) is 14.8 Å². The molecule has 3 aromatic heterocycles. The number of aryl methyl sites for hydroxylation is 1. The van der Waals surface area contributed by atoms with Crippen LogP contribution in [0.5, 0.6) is 0 Å². The van der Waals surface area contributed by atoms with Gasteiger partial charge in [-0.15, -0.1) is 0 Å². The molecular weight excluding hydrogens is 347 g/mol. The summed E-state index contributed by atoms with van der Waals surface area (Å²) in [5.74, 6) is 0.371. The Hall–Kier alpha value is -3.74. The molecule has 27 heavy (non-hydrogen) atoms. The van der Waals surface area contributed by atoms with Crippen LogP contribution in [0.3, 0.4) is 0 Å². The first-order valence-electron chi connectivity index (χ1n) is 8.25. The Morgan fingerprint density at radius 3 is 2.81 bits per heavy atom. The lowest BCUT2D eigenvalue weighted by Gasteiger charge is -2.01. The van der Waals surface area contributed by atoms with Crippen LogP contribution in [0, 0.1) is 12.7 Å². The van der Waals surface area contributed by atoms with Gasteiger partial charge < -0.3 is 4.42 Å². The molecule has 4 rings (SSSR count). The molecule has 0 atom stereocenters. The second-order valence-corrected chi connectivity index (χ2v) is 5.88. The molecule has 0 radical (unpaired) electrons. The normalized spacial score (nSPS) is 11.3. The second kappa shape index (κ2) is 6.87. The van der Waals surface area contributed by atoms with Crippen LogP contribution >= 0.6 is 0 Å². The van der Waals surface area contributed by atoms with E-state index in [0.29, 0.717) is 28.6 Å². The molecule has 1 N–H and O–H groups in total. The molecular formula is C20H15FN4O2. The van der Waals surface area contributed by atoms with Crippen molar-refractivity contribution in [3.63, 3.8) is 0 Å².